The summed E-state index contributed by atoms with van der Waals surface area (Å²) in [5.41, 5.74) is 4.89. The highest BCUT2D eigenvalue weighted by Gasteiger charge is 2.14. The van der Waals surface area contributed by atoms with Crippen molar-refractivity contribution in [1.29, 1.82) is 0 Å². The van der Waals surface area contributed by atoms with Gasteiger partial charge in [0.25, 0.3) is 10.1 Å². The lowest BCUT2D eigenvalue weighted by Crippen LogP contribution is -2.09. The molecule has 3 N–H and O–H groups in total. The molecule has 0 atom stereocenters. The van der Waals surface area contributed by atoms with E-state index in [2.05, 4.69) is 30.2 Å². The number of nitrogens with zero attached hydrogens (tertiary/aromatic N) is 4. The molecule has 0 aliphatic heterocycles. The summed E-state index contributed by atoms with van der Waals surface area (Å²) in [6.07, 6.45) is 4.05. The zero-order valence-electron chi connectivity index (χ0n) is 22.0. The average Bonchev–Trinajstić information content (AvgIpc) is 3.36. The number of imidazole rings is 1. The van der Waals surface area contributed by atoms with Crippen molar-refractivity contribution in [1.82, 2.24) is 24.9 Å². The van der Waals surface area contributed by atoms with Crippen molar-refractivity contribution in [2.45, 2.75) is 20.0 Å². The normalized spacial score (nSPS) is 11.3. The SMILES string of the molecule is COc1ccc(-c2ccnc3ccc(Nc4nc(OC(C)C)c5nc[nH]c5n4)cc23)cc1OC.CS(=O)(=O)O. The maximum absolute atomic E-state index is 9.19. The van der Waals surface area contributed by atoms with E-state index in [1.54, 1.807) is 26.7 Å². The topological polar surface area (TPSA) is 161 Å². The number of H-pyrrole nitrogens is 1. The van der Waals surface area contributed by atoms with Crippen molar-refractivity contribution in [2.75, 3.05) is 25.8 Å². The van der Waals surface area contributed by atoms with Crippen LogP contribution in [0.2, 0.25) is 0 Å². The molecule has 0 fully saturated rings. The summed E-state index contributed by atoms with van der Waals surface area (Å²) < 4.78 is 42.6. The van der Waals surface area contributed by atoms with Gasteiger partial charge in [-0.1, -0.05) is 6.07 Å². The predicted octanol–water partition coefficient (Wildman–Crippen LogP) is 4.62. The highest BCUT2D eigenvalue weighted by atomic mass is 32.2. The number of hydrogen-bond acceptors (Lipinski definition) is 10. The van der Waals surface area contributed by atoms with Gasteiger partial charge in [0.15, 0.2) is 22.7 Å². The third-order valence-electron chi connectivity index (χ3n) is 5.29. The van der Waals surface area contributed by atoms with Crippen LogP contribution in [0.25, 0.3) is 33.2 Å². The van der Waals surface area contributed by atoms with Gasteiger partial charge in [-0.2, -0.15) is 18.4 Å². The molecule has 12 nitrogen and oxygen atoms in total. The number of ether oxygens (including phenoxy) is 3. The first-order valence-electron chi connectivity index (χ1n) is 11.7. The number of rotatable bonds is 7. The second-order valence-electron chi connectivity index (χ2n) is 8.64. The van der Waals surface area contributed by atoms with Gasteiger partial charge < -0.3 is 24.5 Å². The first-order valence-corrected chi connectivity index (χ1v) is 13.6. The third-order valence-corrected chi connectivity index (χ3v) is 5.29. The predicted molar refractivity (Wildman–Crippen MR) is 148 cm³/mol. The third kappa shape index (κ3) is 6.89. The fourth-order valence-electron chi connectivity index (χ4n) is 3.78. The van der Waals surface area contributed by atoms with Crippen LogP contribution >= 0.6 is 0 Å². The van der Waals surface area contributed by atoms with Crippen LogP contribution in [0, 0.1) is 0 Å². The van der Waals surface area contributed by atoms with E-state index >= 15 is 0 Å². The van der Waals surface area contributed by atoms with Gasteiger partial charge in [-0.15, -0.1) is 0 Å². The second kappa shape index (κ2) is 11.5. The molecule has 0 bridgehead atoms. The Kier molecular flexibility index (Phi) is 8.12. The van der Waals surface area contributed by atoms with Crippen LogP contribution in [0.5, 0.6) is 17.4 Å². The molecular formula is C26H28N6O6S. The Morgan fingerprint density at radius 3 is 2.41 bits per heavy atom. The summed E-state index contributed by atoms with van der Waals surface area (Å²) in [7, 11) is -0.417. The van der Waals surface area contributed by atoms with Crippen molar-refractivity contribution in [3.63, 3.8) is 0 Å². The maximum atomic E-state index is 9.19. The Hall–Kier alpha value is -4.49. The van der Waals surface area contributed by atoms with Gasteiger partial charge in [0, 0.05) is 17.3 Å². The van der Waals surface area contributed by atoms with Gasteiger partial charge in [-0.3, -0.25) is 9.54 Å². The van der Waals surface area contributed by atoms with Crippen molar-refractivity contribution >= 4 is 43.8 Å². The number of pyridine rings is 1. The van der Waals surface area contributed by atoms with Crippen LogP contribution in [0.1, 0.15) is 13.8 Å². The van der Waals surface area contributed by atoms with Gasteiger partial charge in [-0.25, -0.2) is 4.98 Å². The minimum atomic E-state index is -3.67. The summed E-state index contributed by atoms with van der Waals surface area (Å²) >= 11 is 0. The fourth-order valence-corrected chi connectivity index (χ4v) is 3.78. The first-order chi connectivity index (χ1) is 18.6. The molecule has 5 rings (SSSR count). The Morgan fingerprint density at radius 1 is 0.974 bits per heavy atom. The highest BCUT2D eigenvalue weighted by Crippen LogP contribution is 2.36. The fraction of sp³-hybridized carbons (Fsp3) is 0.231. The number of aromatic nitrogens is 5. The van der Waals surface area contributed by atoms with Gasteiger partial charge in [0.05, 0.1) is 38.4 Å². The smallest absolute Gasteiger partial charge is 0.261 e. The lowest BCUT2D eigenvalue weighted by Gasteiger charge is -2.13. The minimum Gasteiger partial charge on any atom is -0.493 e. The van der Waals surface area contributed by atoms with Crippen molar-refractivity contribution in [3.05, 3.63) is 55.0 Å². The Balaban J connectivity index is 0.000000648. The van der Waals surface area contributed by atoms with E-state index < -0.39 is 10.1 Å². The Labute approximate surface area is 225 Å². The van der Waals surface area contributed by atoms with Crippen LogP contribution in [0.15, 0.2) is 55.0 Å². The molecule has 204 valence electrons. The van der Waals surface area contributed by atoms with E-state index in [1.807, 2.05) is 56.3 Å². The maximum Gasteiger partial charge on any atom is 0.261 e. The summed E-state index contributed by atoms with van der Waals surface area (Å²) in [6, 6.07) is 13.8. The molecule has 0 aliphatic carbocycles. The van der Waals surface area contributed by atoms with Crippen molar-refractivity contribution in [3.8, 4) is 28.5 Å². The second-order valence-corrected chi connectivity index (χ2v) is 10.1. The van der Waals surface area contributed by atoms with E-state index in [-0.39, 0.29) is 6.10 Å². The van der Waals surface area contributed by atoms with Crippen molar-refractivity contribution < 1.29 is 27.2 Å². The number of hydrogen-bond donors (Lipinski definition) is 3. The number of benzene rings is 2. The molecule has 3 heterocycles. The van der Waals surface area contributed by atoms with E-state index in [0.717, 1.165) is 27.7 Å². The largest absolute Gasteiger partial charge is 0.493 e. The molecule has 13 heteroatoms. The molecule has 0 spiro atoms. The molecule has 0 radical (unpaired) electrons. The number of anilines is 2. The van der Waals surface area contributed by atoms with Gasteiger partial charge in [-0.05, 0) is 61.4 Å². The summed E-state index contributed by atoms with van der Waals surface area (Å²) in [5.74, 6) is 2.18. The molecule has 0 amide bonds. The molecule has 2 aromatic carbocycles. The van der Waals surface area contributed by atoms with Gasteiger partial charge >= 0.3 is 0 Å². The van der Waals surface area contributed by atoms with Crippen LogP contribution < -0.4 is 19.5 Å². The van der Waals surface area contributed by atoms with Crippen LogP contribution in [0.3, 0.4) is 0 Å². The Bertz CT molecular complexity index is 1710. The van der Waals surface area contributed by atoms with E-state index in [4.69, 9.17) is 18.8 Å². The molecule has 0 saturated heterocycles. The molecule has 0 unspecified atom stereocenters. The quantitative estimate of drug-likeness (QED) is 0.242. The highest BCUT2D eigenvalue weighted by molar-refractivity contribution is 7.85. The van der Waals surface area contributed by atoms with Crippen LogP contribution in [-0.4, -0.2) is 64.5 Å². The average molecular weight is 553 g/mol. The molecule has 0 saturated carbocycles. The minimum absolute atomic E-state index is 0.0431. The number of methoxy groups -OCH3 is 2. The van der Waals surface area contributed by atoms with E-state index in [9.17, 15) is 8.42 Å². The number of aromatic amines is 1. The lowest BCUT2D eigenvalue weighted by molar-refractivity contribution is 0.235. The number of fused-ring (bicyclic) bond motifs is 2. The number of nitrogens with one attached hydrogen (secondary N) is 2. The molecule has 3 aromatic heterocycles. The van der Waals surface area contributed by atoms with Crippen LogP contribution in [-0.2, 0) is 10.1 Å². The van der Waals surface area contributed by atoms with Gasteiger partial charge in [0.2, 0.25) is 11.8 Å². The standard InChI is InChI=1S/C25H24N6O3.CH4O3S/c1-14(2)34-24-22-23(28-13-27-22)30-25(31-24)29-16-6-7-19-18(12-16)17(9-10-26-19)15-5-8-20(32-3)21(11-15)33-4;1-5(2,3)4/h5-14H,1-4H3,(H2,27,28,29,30,31);1H3,(H,2,3,4). The first kappa shape index (κ1) is 27.5. The van der Waals surface area contributed by atoms with E-state index in [1.165, 1.54) is 0 Å². The zero-order valence-corrected chi connectivity index (χ0v) is 22.8. The summed E-state index contributed by atoms with van der Waals surface area (Å²) in [6.45, 7) is 3.89. The summed E-state index contributed by atoms with van der Waals surface area (Å²) in [5, 5.41) is 4.26. The molecular weight excluding hydrogens is 524 g/mol. The zero-order chi connectivity index (χ0) is 28.2. The Morgan fingerprint density at radius 2 is 1.72 bits per heavy atom. The van der Waals surface area contributed by atoms with Crippen LogP contribution in [0.4, 0.5) is 11.6 Å². The molecule has 5 aromatic rings. The molecule has 39 heavy (non-hydrogen) atoms. The molecule has 0 aliphatic rings. The van der Waals surface area contributed by atoms with Gasteiger partial charge in [0.1, 0.15) is 0 Å². The lowest BCUT2D eigenvalue weighted by atomic mass is 10.0. The summed E-state index contributed by atoms with van der Waals surface area (Å²) in [4.78, 5) is 20.9. The van der Waals surface area contributed by atoms with E-state index in [0.29, 0.717) is 40.7 Å². The van der Waals surface area contributed by atoms with Crippen molar-refractivity contribution in [2.24, 2.45) is 0 Å². The monoisotopic (exact) mass is 552 g/mol.